The Morgan fingerprint density at radius 2 is 2.10 bits per heavy atom. The van der Waals surface area contributed by atoms with Gasteiger partial charge >= 0.3 is 11.8 Å². The fraction of sp³-hybridized carbons (Fsp3) is 0.636. The molecule has 0 aromatic carbocycles. The van der Waals surface area contributed by atoms with E-state index in [1.54, 1.807) is 6.92 Å². The van der Waals surface area contributed by atoms with Crippen LogP contribution in [0, 0.1) is 0 Å². The molecule has 1 fully saturated rings. The second kappa shape index (κ2) is 7.85. The molecule has 1 saturated heterocycles. The minimum absolute atomic E-state index is 0.0141. The van der Waals surface area contributed by atoms with Gasteiger partial charge in [-0.25, -0.2) is 0 Å². The highest BCUT2D eigenvalue weighted by molar-refractivity contribution is 8.14. The Kier molecular flexibility index (Phi) is 6.46. The summed E-state index contributed by atoms with van der Waals surface area (Å²) >= 11 is 0.911. The van der Waals surface area contributed by atoms with Crippen LogP contribution in [0.2, 0.25) is 0 Å². The molecule has 0 aliphatic carbocycles. The predicted molar refractivity (Wildman–Crippen MR) is 71.9 cm³/mol. The van der Waals surface area contributed by atoms with Gasteiger partial charge in [0.2, 0.25) is 5.91 Å². The van der Waals surface area contributed by atoms with Gasteiger partial charge in [-0.3, -0.25) is 24.1 Å². The summed E-state index contributed by atoms with van der Waals surface area (Å²) in [7, 11) is 0. The summed E-state index contributed by atoms with van der Waals surface area (Å²) < 4.78 is 0. The van der Waals surface area contributed by atoms with Crippen LogP contribution in [0.4, 0.5) is 4.79 Å². The number of hydrogen-bond acceptors (Lipinski definition) is 6. The number of thioether (sulfide) groups is 1. The molecular formula is C11H17N3O5S. The highest BCUT2D eigenvalue weighted by atomic mass is 32.2. The van der Waals surface area contributed by atoms with E-state index in [1.807, 2.05) is 0 Å². The number of aliphatic hydroxyl groups excluding tert-OH is 1. The summed E-state index contributed by atoms with van der Waals surface area (Å²) in [6.07, 6.45) is 0.503. The number of rotatable bonds is 6. The number of nitrogens with zero attached hydrogens (tertiary/aromatic N) is 1. The standard InChI is InChI=1S/C11H17N3O5S/c1-2-7(5-15)13-10(18)9(17)12-3-4-14-8(16)6-20-11(14)19/h7,15H,2-6H2,1H3,(H,12,17)(H,13,18). The molecule has 1 rings (SSSR count). The third-order valence-corrected chi connectivity index (χ3v) is 3.57. The van der Waals surface area contributed by atoms with E-state index in [9.17, 15) is 19.2 Å². The van der Waals surface area contributed by atoms with Crippen molar-refractivity contribution < 1.29 is 24.3 Å². The van der Waals surface area contributed by atoms with Gasteiger partial charge in [-0.2, -0.15) is 0 Å². The normalized spacial score (nSPS) is 16.2. The molecule has 0 radical (unpaired) electrons. The zero-order valence-electron chi connectivity index (χ0n) is 11.0. The number of hydrogen-bond donors (Lipinski definition) is 3. The molecule has 1 unspecified atom stereocenters. The van der Waals surface area contributed by atoms with E-state index in [2.05, 4.69) is 10.6 Å². The first-order chi connectivity index (χ1) is 9.49. The number of imide groups is 1. The minimum atomic E-state index is -0.858. The Labute approximate surface area is 120 Å². The first-order valence-corrected chi connectivity index (χ1v) is 7.14. The maximum Gasteiger partial charge on any atom is 0.309 e. The molecule has 0 bridgehead atoms. The molecule has 0 aromatic rings. The average molecular weight is 303 g/mol. The maximum atomic E-state index is 11.4. The van der Waals surface area contributed by atoms with Crippen LogP contribution < -0.4 is 10.6 Å². The van der Waals surface area contributed by atoms with E-state index in [0.717, 1.165) is 16.7 Å². The largest absolute Gasteiger partial charge is 0.394 e. The van der Waals surface area contributed by atoms with Crippen LogP contribution in [0.5, 0.6) is 0 Å². The summed E-state index contributed by atoms with van der Waals surface area (Å²) in [5.41, 5.74) is 0. The van der Waals surface area contributed by atoms with Crippen molar-refractivity contribution in [3.63, 3.8) is 0 Å². The second-order valence-electron chi connectivity index (χ2n) is 4.12. The smallest absolute Gasteiger partial charge is 0.309 e. The molecule has 1 atom stereocenters. The van der Waals surface area contributed by atoms with Gasteiger partial charge in [-0.15, -0.1) is 0 Å². The second-order valence-corrected chi connectivity index (χ2v) is 5.04. The summed E-state index contributed by atoms with van der Waals surface area (Å²) in [5.74, 6) is -1.89. The Morgan fingerprint density at radius 3 is 2.60 bits per heavy atom. The summed E-state index contributed by atoms with van der Waals surface area (Å²) in [6.45, 7) is 1.58. The van der Waals surface area contributed by atoms with Gasteiger partial charge in [-0.1, -0.05) is 18.7 Å². The summed E-state index contributed by atoms with van der Waals surface area (Å²) in [5, 5.41) is 13.2. The van der Waals surface area contributed by atoms with Crippen molar-refractivity contribution >= 4 is 34.7 Å². The molecule has 9 heteroatoms. The first-order valence-electron chi connectivity index (χ1n) is 6.16. The van der Waals surface area contributed by atoms with Gasteiger partial charge in [0, 0.05) is 13.1 Å². The monoisotopic (exact) mass is 303 g/mol. The van der Waals surface area contributed by atoms with Gasteiger partial charge in [0.15, 0.2) is 0 Å². The van der Waals surface area contributed by atoms with Gasteiger partial charge in [-0.05, 0) is 6.42 Å². The highest BCUT2D eigenvalue weighted by Gasteiger charge is 2.29. The van der Waals surface area contributed by atoms with E-state index >= 15 is 0 Å². The van der Waals surface area contributed by atoms with Crippen LogP contribution in [0.15, 0.2) is 0 Å². The first kappa shape index (κ1) is 16.4. The number of nitrogens with one attached hydrogen (secondary N) is 2. The Morgan fingerprint density at radius 1 is 1.40 bits per heavy atom. The Balaban J connectivity index is 2.31. The van der Waals surface area contributed by atoms with Crippen LogP contribution in [0.25, 0.3) is 0 Å². The third-order valence-electron chi connectivity index (χ3n) is 2.72. The molecule has 1 heterocycles. The van der Waals surface area contributed by atoms with Crippen LogP contribution in [-0.2, 0) is 14.4 Å². The summed E-state index contributed by atoms with van der Waals surface area (Å²) in [4.78, 5) is 46.5. The van der Waals surface area contributed by atoms with E-state index in [4.69, 9.17) is 5.11 Å². The van der Waals surface area contributed by atoms with Crippen molar-refractivity contribution in [2.45, 2.75) is 19.4 Å². The molecule has 4 amide bonds. The van der Waals surface area contributed by atoms with Gasteiger partial charge in [0.05, 0.1) is 18.4 Å². The van der Waals surface area contributed by atoms with Crippen LogP contribution in [0.3, 0.4) is 0 Å². The molecule has 3 N–H and O–H groups in total. The zero-order valence-corrected chi connectivity index (χ0v) is 11.9. The number of amides is 4. The highest BCUT2D eigenvalue weighted by Crippen LogP contribution is 2.17. The van der Waals surface area contributed by atoms with Crippen molar-refractivity contribution in [1.29, 1.82) is 0 Å². The van der Waals surface area contributed by atoms with Crippen LogP contribution in [0.1, 0.15) is 13.3 Å². The van der Waals surface area contributed by atoms with Gasteiger partial charge in [0.1, 0.15) is 0 Å². The SMILES string of the molecule is CCC(CO)NC(=O)C(=O)NCCN1C(=O)CSC1=O. The Bertz CT molecular complexity index is 395. The molecule has 20 heavy (non-hydrogen) atoms. The average Bonchev–Trinajstić information content (AvgIpc) is 2.75. The zero-order chi connectivity index (χ0) is 15.1. The number of carbonyl (C=O) groups is 4. The van der Waals surface area contributed by atoms with Crippen molar-refractivity contribution in [2.24, 2.45) is 0 Å². The van der Waals surface area contributed by atoms with Crippen molar-refractivity contribution in [3.05, 3.63) is 0 Å². The van der Waals surface area contributed by atoms with E-state index in [-0.39, 0.29) is 36.6 Å². The molecule has 112 valence electrons. The molecule has 0 aromatic heterocycles. The minimum Gasteiger partial charge on any atom is -0.394 e. The predicted octanol–water partition coefficient (Wildman–Crippen LogP) is -1.31. The Hall–Kier alpha value is -1.61. The van der Waals surface area contributed by atoms with E-state index in [1.165, 1.54) is 0 Å². The topological polar surface area (TPSA) is 116 Å². The van der Waals surface area contributed by atoms with E-state index in [0.29, 0.717) is 6.42 Å². The lowest BCUT2D eigenvalue weighted by molar-refractivity contribution is -0.139. The van der Waals surface area contributed by atoms with E-state index < -0.39 is 17.9 Å². The fourth-order valence-electron chi connectivity index (χ4n) is 1.49. The van der Waals surface area contributed by atoms with Gasteiger partial charge in [0.25, 0.3) is 5.24 Å². The van der Waals surface area contributed by atoms with Crippen molar-refractivity contribution in [3.8, 4) is 0 Å². The molecule has 0 saturated carbocycles. The maximum absolute atomic E-state index is 11.4. The lowest BCUT2D eigenvalue weighted by Gasteiger charge is -2.15. The lowest BCUT2D eigenvalue weighted by Crippen LogP contribution is -2.47. The molecule has 1 aliphatic rings. The number of aliphatic hydroxyl groups is 1. The van der Waals surface area contributed by atoms with Crippen LogP contribution in [-0.4, -0.2) is 64.5 Å². The lowest BCUT2D eigenvalue weighted by atomic mass is 10.2. The van der Waals surface area contributed by atoms with Crippen molar-refractivity contribution in [1.82, 2.24) is 15.5 Å². The molecule has 8 nitrogen and oxygen atoms in total. The van der Waals surface area contributed by atoms with Gasteiger partial charge < -0.3 is 15.7 Å². The fourth-order valence-corrected chi connectivity index (χ4v) is 2.24. The molecule has 1 aliphatic heterocycles. The third kappa shape index (κ3) is 4.49. The molecule has 0 spiro atoms. The van der Waals surface area contributed by atoms with Crippen molar-refractivity contribution in [2.75, 3.05) is 25.4 Å². The summed E-state index contributed by atoms with van der Waals surface area (Å²) in [6, 6.07) is -0.466. The quantitative estimate of drug-likeness (QED) is 0.524. The molecular weight excluding hydrogens is 286 g/mol. The van der Waals surface area contributed by atoms with Crippen LogP contribution >= 0.6 is 11.8 Å². The number of carbonyl (C=O) groups excluding carboxylic acids is 4.